The van der Waals surface area contributed by atoms with Crippen molar-refractivity contribution in [3.05, 3.63) is 36.0 Å². The van der Waals surface area contributed by atoms with Gasteiger partial charge in [0.2, 0.25) is 11.8 Å². The summed E-state index contributed by atoms with van der Waals surface area (Å²) in [5, 5.41) is 17.1. The highest BCUT2D eigenvalue weighted by Gasteiger charge is 2.58. The maximum atomic E-state index is 12.8. The Hall–Kier alpha value is -2.57. The molecule has 0 aromatic rings. The van der Waals surface area contributed by atoms with Gasteiger partial charge in [-0.05, 0) is 71.3 Å². The number of esters is 1. The van der Waals surface area contributed by atoms with Crippen LogP contribution < -0.4 is 16.4 Å². The van der Waals surface area contributed by atoms with E-state index in [0.717, 1.165) is 37.7 Å². The highest BCUT2D eigenvalue weighted by atomic mass is 16.6. The molecule has 0 aromatic heterocycles. The van der Waals surface area contributed by atoms with Crippen molar-refractivity contribution in [3.63, 3.8) is 0 Å². The van der Waals surface area contributed by atoms with Crippen LogP contribution in [0.2, 0.25) is 0 Å². The van der Waals surface area contributed by atoms with Gasteiger partial charge >= 0.3 is 5.97 Å². The van der Waals surface area contributed by atoms with E-state index in [1.54, 1.807) is 13.0 Å². The summed E-state index contributed by atoms with van der Waals surface area (Å²) in [6.45, 7) is 9.58. The molecule has 0 aromatic carbocycles. The minimum absolute atomic E-state index is 0.00141. The zero-order valence-electron chi connectivity index (χ0n) is 27.4. The maximum Gasteiger partial charge on any atom is 0.303 e. The standard InChI is InChI=1S/C34H53N3O8/c1-20(6-13-29-21(2)16-28(23(4)44-29)37-31(39)15-8-22(3)43-24(5)38)7-14-30-33(41)34(19-42-34)18-27(45-30)17-32(40)36-26-11-9-25(35)10-12-26/h6-8,14-15,21-23,25-30,33,41H,9-13,16-19,35H2,1-5H3,(H,36,40)(H,37,39)/b14-7+,15-8-,20-6+/t21-,22-,23+,25?,26?,27+,28+,29-,30+,33+,34+/m0/s1. The third-order valence-electron chi connectivity index (χ3n) is 9.47. The number of carbonyl (C=O) groups excluding carboxylic acids is 3. The molecule has 0 radical (unpaired) electrons. The third kappa shape index (κ3) is 10.5. The van der Waals surface area contributed by atoms with Crippen LogP contribution in [0.15, 0.2) is 36.0 Å². The summed E-state index contributed by atoms with van der Waals surface area (Å²) in [5.74, 6) is -0.455. The summed E-state index contributed by atoms with van der Waals surface area (Å²) in [6, 6.07) is 0.266. The lowest BCUT2D eigenvalue weighted by molar-refractivity contribution is -0.146. The molecule has 4 aliphatic rings. The average molecular weight is 632 g/mol. The number of carbonyl (C=O) groups is 3. The average Bonchev–Trinajstić information content (AvgIpc) is 3.74. The SMILES string of the molecule is CC(=O)O[C@@H](C)/C=C\C(=O)N[C@@H]1C[C@H](C)[C@H](C/C=C(C)/C=C/[C@H]2O[C@H](CC(=O)NC3CCC(N)CC3)C[C@@]3(CO3)[C@@H]2O)O[C@@H]1C. The summed E-state index contributed by atoms with van der Waals surface area (Å²) in [6.07, 6.45) is 12.4. The Kier molecular flexibility index (Phi) is 12.4. The molecule has 11 heteroatoms. The van der Waals surface area contributed by atoms with Crippen LogP contribution in [0.1, 0.15) is 86.0 Å². The van der Waals surface area contributed by atoms with E-state index < -0.39 is 29.9 Å². The Labute approximate surface area is 267 Å². The first-order valence-electron chi connectivity index (χ1n) is 16.5. The fraction of sp³-hybridized carbons (Fsp3) is 0.735. The highest BCUT2D eigenvalue weighted by Crippen LogP contribution is 2.43. The molecule has 1 spiro atoms. The maximum absolute atomic E-state index is 12.8. The molecule has 0 bridgehead atoms. The molecule has 3 aliphatic heterocycles. The lowest BCUT2D eigenvalue weighted by Gasteiger charge is -2.39. The second kappa shape index (κ2) is 15.8. The van der Waals surface area contributed by atoms with Gasteiger partial charge in [0.25, 0.3) is 0 Å². The van der Waals surface area contributed by atoms with Crippen LogP contribution in [-0.4, -0.2) is 89.8 Å². The molecule has 2 amide bonds. The van der Waals surface area contributed by atoms with Crippen molar-refractivity contribution in [2.45, 2.75) is 146 Å². The molecule has 1 saturated carbocycles. The first-order valence-corrected chi connectivity index (χ1v) is 16.5. The minimum Gasteiger partial charge on any atom is -0.459 e. The van der Waals surface area contributed by atoms with Crippen LogP contribution >= 0.6 is 0 Å². The van der Waals surface area contributed by atoms with Crippen LogP contribution in [0.3, 0.4) is 0 Å². The first-order chi connectivity index (χ1) is 21.3. The number of amides is 2. The van der Waals surface area contributed by atoms with Gasteiger partial charge in [-0.2, -0.15) is 0 Å². The lowest BCUT2D eigenvalue weighted by Crippen LogP contribution is -2.51. The largest absolute Gasteiger partial charge is 0.459 e. The van der Waals surface area contributed by atoms with Crippen LogP contribution in [0.5, 0.6) is 0 Å². The van der Waals surface area contributed by atoms with Crippen molar-refractivity contribution >= 4 is 17.8 Å². The van der Waals surface area contributed by atoms with Crippen LogP contribution in [0, 0.1) is 5.92 Å². The zero-order chi connectivity index (χ0) is 32.7. The van der Waals surface area contributed by atoms with E-state index in [1.807, 2.05) is 26.0 Å². The predicted octanol–water partition coefficient (Wildman–Crippen LogP) is 2.75. The first kappa shape index (κ1) is 35.3. The van der Waals surface area contributed by atoms with Crippen molar-refractivity contribution in [3.8, 4) is 0 Å². The van der Waals surface area contributed by atoms with E-state index in [1.165, 1.54) is 13.0 Å². The number of hydrogen-bond acceptors (Lipinski definition) is 9. The van der Waals surface area contributed by atoms with E-state index in [-0.39, 0.29) is 60.6 Å². The van der Waals surface area contributed by atoms with E-state index in [9.17, 15) is 19.5 Å². The Morgan fingerprint density at radius 2 is 1.80 bits per heavy atom. The molecular weight excluding hydrogens is 578 g/mol. The van der Waals surface area contributed by atoms with Crippen molar-refractivity contribution in [1.29, 1.82) is 0 Å². The van der Waals surface area contributed by atoms with E-state index in [0.29, 0.717) is 19.4 Å². The van der Waals surface area contributed by atoms with Crippen LogP contribution in [0.25, 0.3) is 0 Å². The predicted molar refractivity (Wildman–Crippen MR) is 169 cm³/mol. The van der Waals surface area contributed by atoms with Crippen molar-refractivity contribution < 1.29 is 38.4 Å². The van der Waals surface area contributed by atoms with Crippen LogP contribution in [0.4, 0.5) is 0 Å². The molecular formula is C34H53N3O8. The number of nitrogens with two attached hydrogens (primary N) is 1. The molecule has 3 heterocycles. The Bertz CT molecular complexity index is 1130. The van der Waals surface area contributed by atoms with Crippen molar-refractivity contribution in [1.82, 2.24) is 10.6 Å². The molecule has 0 unspecified atom stereocenters. The summed E-state index contributed by atoms with van der Waals surface area (Å²) in [7, 11) is 0. The van der Waals surface area contributed by atoms with Gasteiger partial charge in [0.1, 0.15) is 23.9 Å². The lowest BCUT2D eigenvalue weighted by atomic mass is 9.87. The molecule has 9 atom stereocenters. The molecule has 1 aliphatic carbocycles. The van der Waals surface area contributed by atoms with Gasteiger partial charge in [0.05, 0.1) is 37.4 Å². The number of epoxide rings is 1. The fourth-order valence-electron chi connectivity index (χ4n) is 6.64. The topological polar surface area (TPSA) is 162 Å². The molecule has 4 rings (SSSR count). The fourth-order valence-corrected chi connectivity index (χ4v) is 6.64. The van der Waals surface area contributed by atoms with E-state index >= 15 is 0 Å². The third-order valence-corrected chi connectivity index (χ3v) is 9.47. The van der Waals surface area contributed by atoms with Crippen LogP contribution in [-0.2, 0) is 33.3 Å². The molecule has 5 N–H and O–H groups in total. The number of hydrogen-bond donors (Lipinski definition) is 4. The van der Waals surface area contributed by atoms with Gasteiger partial charge in [-0.1, -0.05) is 30.7 Å². The number of ether oxygens (including phenoxy) is 4. The number of aliphatic hydroxyl groups is 1. The quantitative estimate of drug-likeness (QED) is 0.116. The molecule has 4 fully saturated rings. The molecule has 252 valence electrons. The minimum atomic E-state index is -0.796. The van der Waals surface area contributed by atoms with Gasteiger partial charge in [0.15, 0.2) is 0 Å². The van der Waals surface area contributed by atoms with Gasteiger partial charge in [-0.25, -0.2) is 0 Å². The second-order valence-electron chi connectivity index (χ2n) is 13.5. The number of aliphatic hydroxyl groups excluding tert-OH is 1. The zero-order valence-corrected chi connectivity index (χ0v) is 27.4. The molecule has 3 saturated heterocycles. The van der Waals surface area contributed by atoms with Crippen molar-refractivity contribution in [2.75, 3.05) is 6.61 Å². The number of rotatable bonds is 11. The number of allylic oxidation sites excluding steroid dienone is 2. The monoisotopic (exact) mass is 631 g/mol. The second-order valence-corrected chi connectivity index (χ2v) is 13.5. The summed E-state index contributed by atoms with van der Waals surface area (Å²) in [4.78, 5) is 36.3. The Morgan fingerprint density at radius 1 is 1.09 bits per heavy atom. The number of nitrogens with one attached hydrogen (secondary N) is 2. The van der Waals surface area contributed by atoms with Gasteiger partial charge in [0, 0.05) is 31.5 Å². The Morgan fingerprint density at radius 3 is 2.47 bits per heavy atom. The molecule has 11 nitrogen and oxygen atoms in total. The summed E-state index contributed by atoms with van der Waals surface area (Å²) in [5.41, 5.74) is 6.36. The van der Waals surface area contributed by atoms with Gasteiger partial charge in [-0.3, -0.25) is 14.4 Å². The van der Waals surface area contributed by atoms with Crippen molar-refractivity contribution in [2.24, 2.45) is 11.7 Å². The normalized spacial score (nSPS) is 37.8. The Balaban J connectivity index is 1.25. The van der Waals surface area contributed by atoms with E-state index in [2.05, 4.69) is 23.6 Å². The highest BCUT2D eigenvalue weighted by molar-refractivity contribution is 5.87. The summed E-state index contributed by atoms with van der Waals surface area (Å²) < 4.78 is 23.2. The van der Waals surface area contributed by atoms with Gasteiger partial charge in [-0.15, -0.1) is 0 Å². The van der Waals surface area contributed by atoms with E-state index in [4.69, 9.17) is 24.7 Å². The smallest absolute Gasteiger partial charge is 0.303 e. The van der Waals surface area contributed by atoms with Gasteiger partial charge < -0.3 is 40.4 Å². The molecule has 45 heavy (non-hydrogen) atoms. The summed E-state index contributed by atoms with van der Waals surface area (Å²) >= 11 is 0.